The van der Waals surface area contributed by atoms with Gasteiger partial charge < -0.3 is 10.6 Å². The van der Waals surface area contributed by atoms with Crippen LogP contribution in [0.5, 0.6) is 0 Å². The molecule has 0 aliphatic heterocycles. The van der Waals surface area contributed by atoms with E-state index >= 15 is 0 Å². The summed E-state index contributed by atoms with van der Waals surface area (Å²) in [6, 6.07) is 7.65. The van der Waals surface area contributed by atoms with Crippen LogP contribution < -0.4 is 10.6 Å². The number of anilines is 1. The fourth-order valence-electron chi connectivity index (χ4n) is 3.01. The molecule has 9 nitrogen and oxygen atoms in total. The molecule has 15 heteroatoms. The zero-order valence-corrected chi connectivity index (χ0v) is 20.5. The molecule has 0 saturated carbocycles. The molecule has 2 amide bonds. The SMILES string of the molecule is O=C(Nc1c(Br)cc2ccnn2c1C(=O)NCC(F)(F)F)c1cc(Br)nn1-c1ncccc1Cl. The topological polar surface area (TPSA) is 106 Å². The van der Waals surface area contributed by atoms with Gasteiger partial charge in [-0.25, -0.2) is 14.2 Å². The largest absolute Gasteiger partial charge is 0.405 e. The molecule has 4 aromatic heterocycles. The molecule has 4 heterocycles. The maximum Gasteiger partial charge on any atom is 0.405 e. The lowest BCUT2D eigenvalue weighted by molar-refractivity contribution is -0.123. The molecule has 0 aromatic carbocycles. The number of amides is 2. The molecular weight excluding hydrogens is 611 g/mol. The molecule has 0 atom stereocenters. The molecule has 0 fully saturated rings. The number of aromatic nitrogens is 5. The number of nitrogens with one attached hydrogen (secondary N) is 2. The smallest absolute Gasteiger partial charge is 0.342 e. The average Bonchev–Trinajstić information content (AvgIpc) is 3.38. The Morgan fingerprint density at radius 1 is 1.12 bits per heavy atom. The number of hydrogen-bond acceptors (Lipinski definition) is 5. The molecule has 0 aliphatic rings. The summed E-state index contributed by atoms with van der Waals surface area (Å²) in [4.78, 5) is 30.1. The number of halogens is 6. The first-order valence-corrected chi connectivity index (χ1v) is 11.2. The number of nitrogens with zero attached hydrogens (tertiary/aromatic N) is 5. The van der Waals surface area contributed by atoms with E-state index in [-0.39, 0.29) is 32.4 Å². The molecule has 2 N–H and O–H groups in total. The van der Waals surface area contributed by atoms with E-state index in [1.165, 1.54) is 23.1 Å². The fraction of sp³-hybridized carbons (Fsp3) is 0.105. The lowest BCUT2D eigenvalue weighted by Crippen LogP contribution is -2.35. The Hall–Kier alpha value is -2.97. The van der Waals surface area contributed by atoms with Crippen molar-refractivity contribution in [2.75, 3.05) is 11.9 Å². The van der Waals surface area contributed by atoms with Gasteiger partial charge >= 0.3 is 6.18 Å². The van der Waals surface area contributed by atoms with Crippen molar-refractivity contribution in [3.8, 4) is 5.82 Å². The third kappa shape index (κ3) is 4.93. The Bertz CT molecular complexity index is 1420. The van der Waals surface area contributed by atoms with Crippen molar-refractivity contribution in [3.05, 3.63) is 68.2 Å². The molecule has 0 aliphatic carbocycles. The second-order valence-electron chi connectivity index (χ2n) is 6.71. The van der Waals surface area contributed by atoms with Gasteiger partial charge in [0.1, 0.15) is 16.8 Å². The summed E-state index contributed by atoms with van der Waals surface area (Å²) < 4.78 is 40.9. The van der Waals surface area contributed by atoms with Gasteiger partial charge in [-0.2, -0.15) is 23.4 Å². The summed E-state index contributed by atoms with van der Waals surface area (Å²) >= 11 is 12.7. The van der Waals surface area contributed by atoms with Gasteiger partial charge in [0.15, 0.2) is 11.5 Å². The van der Waals surface area contributed by atoms with E-state index in [1.807, 2.05) is 0 Å². The summed E-state index contributed by atoms with van der Waals surface area (Å²) in [5, 5.41) is 12.7. The third-order valence-corrected chi connectivity index (χ3v) is 5.70. The van der Waals surface area contributed by atoms with E-state index in [2.05, 4.69) is 52.4 Å². The highest BCUT2D eigenvalue weighted by Crippen LogP contribution is 2.30. The maximum absolute atomic E-state index is 13.2. The molecule has 176 valence electrons. The van der Waals surface area contributed by atoms with E-state index in [0.29, 0.717) is 10.1 Å². The molecule has 34 heavy (non-hydrogen) atoms. The fourth-order valence-corrected chi connectivity index (χ4v) is 4.11. The summed E-state index contributed by atoms with van der Waals surface area (Å²) in [7, 11) is 0. The van der Waals surface area contributed by atoms with Crippen molar-refractivity contribution < 1.29 is 22.8 Å². The van der Waals surface area contributed by atoms with Gasteiger partial charge in [0.05, 0.1) is 22.4 Å². The minimum absolute atomic E-state index is 0.0124. The first-order chi connectivity index (χ1) is 16.0. The second-order valence-corrected chi connectivity index (χ2v) is 8.78. The number of fused-ring (bicyclic) bond motifs is 1. The van der Waals surface area contributed by atoms with Crippen molar-refractivity contribution in [2.45, 2.75) is 6.18 Å². The summed E-state index contributed by atoms with van der Waals surface area (Å²) in [6.07, 6.45) is -1.80. The highest BCUT2D eigenvalue weighted by Gasteiger charge is 2.30. The quantitative estimate of drug-likeness (QED) is 0.338. The van der Waals surface area contributed by atoms with Gasteiger partial charge in [0.25, 0.3) is 11.8 Å². The molecule has 0 spiro atoms. The highest BCUT2D eigenvalue weighted by molar-refractivity contribution is 9.10. The van der Waals surface area contributed by atoms with E-state index in [1.54, 1.807) is 29.6 Å². The van der Waals surface area contributed by atoms with Gasteiger partial charge in [0.2, 0.25) is 0 Å². The zero-order chi connectivity index (χ0) is 24.6. The second kappa shape index (κ2) is 9.35. The van der Waals surface area contributed by atoms with Crippen molar-refractivity contribution in [1.82, 2.24) is 29.7 Å². The average molecular weight is 622 g/mol. The van der Waals surface area contributed by atoms with E-state index < -0.39 is 24.5 Å². The van der Waals surface area contributed by atoms with Crippen LogP contribution >= 0.6 is 43.5 Å². The predicted molar refractivity (Wildman–Crippen MR) is 123 cm³/mol. The molecule has 0 saturated heterocycles. The van der Waals surface area contributed by atoms with Crippen LogP contribution in [-0.2, 0) is 0 Å². The normalized spacial score (nSPS) is 11.6. The van der Waals surface area contributed by atoms with Crippen LogP contribution in [0.2, 0.25) is 5.02 Å². The van der Waals surface area contributed by atoms with E-state index in [9.17, 15) is 22.8 Å². The van der Waals surface area contributed by atoms with Crippen molar-refractivity contribution in [3.63, 3.8) is 0 Å². The lowest BCUT2D eigenvalue weighted by Gasteiger charge is -2.16. The number of pyridine rings is 2. The molecule has 0 unspecified atom stereocenters. The molecule has 4 aromatic rings. The Morgan fingerprint density at radius 3 is 2.59 bits per heavy atom. The Balaban J connectivity index is 1.76. The van der Waals surface area contributed by atoms with Crippen LogP contribution in [0.4, 0.5) is 18.9 Å². The lowest BCUT2D eigenvalue weighted by atomic mass is 10.2. The number of rotatable bonds is 5. The predicted octanol–water partition coefficient (Wildman–Crippen LogP) is 4.64. The van der Waals surface area contributed by atoms with Crippen molar-refractivity contribution in [1.29, 1.82) is 0 Å². The van der Waals surface area contributed by atoms with Crippen molar-refractivity contribution >= 4 is 66.5 Å². The first kappa shape index (κ1) is 24.2. The molecule has 0 radical (unpaired) electrons. The standard InChI is InChI=1S/C19H11Br2ClF3N7O2/c20-10-6-9-3-5-28-31(9)15(18(34)27-8-19(23,24)25)14(10)29-17(33)12-7-13(21)30-32(12)16-11(22)2-1-4-26-16/h1-7H,8H2,(H,27,34)(H,29,33). The summed E-state index contributed by atoms with van der Waals surface area (Å²) in [5.41, 5.74) is -0.0125. The molecule has 0 bridgehead atoms. The van der Waals surface area contributed by atoms with E-state index in [4.69, 9.17) is 11.6 Å². The van der Waals surface area contributed by atoms with Gasteiger partial charge in [-0.15, -0.1) is 0 Å². The van der Waals surface area contributed by atoms with Gasteiger partial charge in [-0.1, -0.05) is 11.6 Å². The minimum Gasteiger partial charge on any atom is -0.342 e. The Labute approximate surface area is 210 Å². The zero-order valence-electron chi connectivity index (χ0n) is 16.6. The number of carbonyl (C=O) groups is 2. The van der Waals surface area contributed by atoms with Crippen LogP contribution in [0.25, 0.3) is 11.3 Å². The Kier molecular flexibility index (Phi) is 6.64. The third-order valence-electron chi connectivity index (χ3n) is 4.39. The minimum atomic E-state index is -4.63. The number of alkyl halides is 3. The Morgan fingerprint density at radius 2 is 1.88 bits per heavy atom. The van der Waals surface area contributed by atoms with Gasteiger partial charge in [0, 0.05) is 16.7 Å². The van der Waals surface area contributed by atoms with Gasteiger partial charge in [-0.3, -0.25) is 9.59 Å². The molecule has 4 rings (SSSR count). The molecular formula is C19H11Br2ClF3N7O2. The van der Waals surface area contributed by atoms with Crippen LogP contribution in [0.15, 0.2) is 51.8 Å². The van der Waals surface area contributed by atoms with E-state index in [0.717, 1.165) is 4.52 Å². The van der Waals surface area contributed by atoms with Crippen molar-refractivity contribution in [2.24, 2.45) is 0 Å². The summed E-state index contributed by atoms with van der Waals surface area (Å²) in [6.45, 7) is -1.56. The van der Waals surface area contributed by atoms with Crippen LogP contribution in [0.3, 0.4) is 0 Å². The number of carbonyl (C=O) groups excluding carboxylic acids is 2. The monoisotopic (exact) mass is 619 g/mol. The highest BCUT2D eigenvalue weighted by atomic mass is 79.9. The number of hydrogen-bond donors (Lipinski definition) is 2. The van der Waals surface area contributed by atoms with Crippen LogP contribution in [0.1, 0.15) is 21.0 Å². The van der Waals surface area contributed by atoms with Gasteiger partial charge in [-0.05, 0) is 56.1 Å². The summed E-state index contributed by atoms with van der Waals surface area (Å²) in [5.74, 6) is -1.66. The first-order valence-electron chi connectivity index (χ1n) is 9.24. The van der Waals surface area contributed by atoms with Crippen LogP contribution in [0, 0.1) is 0 Å². The van der Waals surface area contributed by atoms with Crippen LogP contribution in [-0.4, -0.2) is 48.9 Å². The maximum atomic E-state index is 13.2.